The van der Waals surface area contributed by atoms with Gasteiger partial charge >= 0.3 is 0 Å². The summed E-state index contributed by atoms with van der Waals surface area (Å²) in [6.45, 7) is 8.72. The summed E-state index contributed by atoms with van der Waals surface area (Å²) in [4.78, 5) is 7.60. The van der Waals surface area contributed by atoms with Crippen LogP contribution in [0.2, 0.25) is 0 Å². The summed E-state index contributed by atoms with van der Waals surface area (Å²) in [5.41, 5.74) is 4.61. The quantitative estimate of drug-likeness (QED) is 0.374. The van der Waals surface area contributed by atoms with Crippen molar-refractivity contribution in [3.63, 3.8) is 0 Å². The van der Waals surface area contributed by atoms with Gasteiger partial charge in [-0.2, -0.15) is 0 Å². The molecule has 0 spiro atoms. The lowest BCUT2D eigenvalue weighted by Crippen LogP contribution is -2.30. The molecule has 0 saturated heterocycles. The minimum Gasteiger partial charge on any atom is -0.294 e. The number of imidazole rings is 2. The van der Waals surface area contributed by atoms with E-state index in [1.165, 1.54) is 27.4 Å². The zero-order valence-corrected chi connectivity index (χ0v) is 17.2. The SMILES string of the molecule is CCN(CC)C(C)n1c2ccccc2n2cc(-c3cccc4ccccc34)nc12. The van der Waals surface area contributed by atoms with Gasteiger partial charge in [-0.25, -0.2) is 4.98 Å². The van der Waals surface area contributed by atoms with Crippen LogP contribution >= 0.6 is 0 Å². The summed E-state index contributed by atoms with van der Waals surface area (Å²) in [7, 11) is 0. The van der Waals surface area contributed by atoms with Crippen LogP contribution < -0.4 is 0 Å². The van der Waals surface area contributed by atoms with Gasteiger partial charge in [-0.3, -0.25) is 13.9 Å². The van der Waals surface area contributed by atoms with E-state index < -0.39 is 0 Å². The Balaban J connectivity index is 1.78. The number of benzene rings is 3. The fraction of sp³-hybridized carbons (Fsp3) is 0.240. The van der Waals surface area contributed by atoms with E-state index in [-0.39, 0.29) is 6.17 Å². The molecule has 0 saturated carbocycles. The molecule has 2 aromatic heterocycles. The number of fused-ring (bicyclic) bond motifs is 4. The Morgan fingerprint density at radius 2 is 1.55 bits per heavy atom. The molecular formula is C25H26N4. The van der Waals surface area contributed by atoms with Crippen LogP contribution in [0.15, 0.2) is 72.9 Å². The summed E-state index contributed by atoms with van der Waals surface area (Å²) in [6.07, 6.45) is 2.42. The molecule has 1 unspecified atom stereocenters. The zero-order chi connectivity index (χ0) is 20.0. The average Bonchev–Trinajstić information content (AvgIpc) is 3.31. The van der Waals surface area contributed by atoms with Crippen LogP contribution in [-0.2, 0) is 0 Å². The lowest BCUT2D eigenvalue weighted by Gasteiger charge is -2.28. The van der Waals surface area contributed by atoms with Crippen molar-refractivity contribution in [3.8, 4) is 11.3 Å². The van der Waals surface area contributed by atoms with Gasteiger partial charge in [0.1, 0.15) is 0 Å². The molecule has 5 aromatic rings. The molecule has 0 aliphatic heterocycles. The number of hydrogen-bond donors (Lipinski definition) is 0. The molecule has 29 heavy (non-hydrogen) atoms. The average molecular weight is 383 g/mol. The van der Waals surface area contributed by atoms with Gasteiger partial charge in [-0.15, -0.1) is 0 Å². The zero-order valence-electron chi connectivity index (χ0n) is 17.2. The maximum atomic E-state index is 5.14. The summed E-state index contributed by atoms with van der Waals surface area (Å²) in [6, 6.07) is 23.6. The van der Waals surface area contributed by atoms with Gasteiger partial charge in [-0.1, -0.05) is 68.4 Å². The smallest absolute Gasteiger partial charge is 0.216 e. The second-order valence-electron chi connectivity index (χ2n) is 7.53. The van der Waals surface area contributed by atoms with Crippen molar-refractivity contribution in [2.24, 2.45) is 0 Å². The molecule has 2 heterocycles. The Morgan fingerprint density at radius 1 is 0.862 bits per heavy atom. The van der Waals surface area contributed by atoms with Crippen molar-refractivity contribution in [3.05, 3.63) is 72.9 Å². The van der Waals surface area contributed by atoms with Crippen LogP contribution in [0.25, 0.3) is 38.8 Å². The van der Waals surface area contributed by atoms with E-state index in [4.69, 9.17) is 4.98 Å². The van der Waals surface area contributed by atoms with Crippen LogP contribution in [0.4, 0.5) is 0 Å². The van der Waals surface area contributed by atoms with Crippen molar-refractivity contribution in [1.29, 1.82) is 0 Å². The number of nitrogens with zero attached hydrogens (tertiary/aromatic N) is 4. The first-order valence-corrected chi connectivity index (χ1v) is 10.4. The maximum Gasteiger partial charge on any atom is 0.216 e. The Bertz CT molecular complexity index is 1300. The highest BCUT2D eigenvalue weighted by Gasteiger charge is 2.21. The Morgan fingerprint density at radius 3 is 2.34 bits per heavy atom. The lowest BCUT2D eigenvalue weighted by atomic mass is 10.0. The number of aromatic nitrogens is 3. The topological polar surface area (TPSA) is 25.5 Å². The van der Waals surface area contributed by atoms with E-state index in [2.05, 4.69) is 108 Å². The van der Waals surface area contributed by atoms with Gasteiger partial charge in [-0.05, 0) is 42.9 Å². The minimum absolute atomic E-state index is 0.232. The molecular weight excluding hydrogens is 356 g/mol. The molecule has 1 atom stereocenters. The third kappa shape index (κ3) is 2.75. The molecule has 0 bridgehead atoms. The van der Waals surface area contributed by atoms with E-state index in [9.17, 15) is 0 Å². The van der Waals surface area contributed by atoms with Crippen LogP contribution in [0.1, 0.15) is 26.9 Å². The molecule has 0 aliphatic carbocycles. The molecule has 0 radical (unpaired) electrons. The molecule has 4 heteroatoms. The highest BCUT2D eigenvalue weighted by Crippen LogP contribution is 2.32. The fourth-order valence-corrected chi connectivity index (χ4v) is 4.56. The predicted molar refractivity (Wildman–Crippen MR) is 121 cm³/mol. The third-order valence-corrected chi connectivity index (χ3v) is 6.08. The summed E-state index contributed by atoms with van der Waals surface area (Å²) < 4.78 is 4.61. The van der Waals surface area contributed by atoms with Crippen molar-refractivity contribution in [2.45, 2.75) is 26.9 Å². The number of hydrogen-bond acceptors (Lipinski definition) is 2. The van der Waals surface area contributed by atoms with Gasteiger partial charge in [0, 0.05) is 11.8 Å². The summed E-state index contributed by atoms with van der Waals surface area (Å²) in [5, 5.41) is 2.48. The molecule has 5 rings (SSSR count). The van der Waals surface area contributed by atoms with Crippen LogP contribution in [-0.4, -0.2) is 31.9 Å². The monoisotopic (exact) mass is 382 g/mol. The largest absolute Gasteiger partial charge is 0.294 e. The van der Waals surface area contributed by atoms with Crippen molar-refractivity contribution < 1.29 is 0 Å². The van der Waals surface area contributed by atoms with E-state index in [1.807, 2.05) is 0 Å². The van der Waals surface area contributed by atoms with Crippen LogP contribution in [0, 0.1) is 0 Å². The van der Waals surface area contributed by atoms with E-state index in [0.717, 1.165) is 24.6 Å². The molecule has 4 nitrogen and oxygen atoms in total. The first-order valence-electron chi connectivity index (χ1n) is 10.4. The van der Waals surface area contributed by atoms with Crippen LogP contribution in [0.5, 0.6) is 0 Å². The van der Waals surface area contributed by atoms with Crippen LogP contribution in [0.3, 0.4) is 0 Å². The normalized spacial score (nSPS) is 13.1. The van der Waals surface area contributed by atoms with Gasteiger partial charge < -0.3 is 0 Å². The Hall–Kier alpha value is -3.11. The standard InChI is InChI=1S/C25H26N4/c1-4-27(5-2)18(3)29-24-16-9-8-15-23(24)28-17-22(26-25(28)29)21-14-10-12-19-11-6-7-13-20(19)21/h6-18H,4-5H2,1-3H3. The van der Waals surface area contributed by atoms with Crippen molar-refractivity contribution in [2.75, 3.05) is 13.1 Å². The van der Waals surface area contributed by atoms with Gasteiger partial charge in [0.25, 0.3) is 0 Å². The molecule has 146 valence electrons. The second-order valence-corrected chi connectivity index (χ2v) is 7.53. The highest BCUT2D eigenvalue weighted by atomic mass is 15.3. The second kappa shape index (κ2) is 7.05. The van der Waals surface area contributed by atoms with Crippen molar-refractivity contribution in [1.82, 2.24) is 18.9 Å². The Labute approximate surface area is 171 Å². The Kier molecular flexibility index (Phi) is 4.36. The molecule has 0 aliphatic rings. The predicted octanol–water partition coefficient (Wildman–Crippen LogP) is 5.97. The summed E-state index contributed by atoms with van der Waals surface area (Å²) in [5.74, 6) is 0.994. The third-order valence-electron chi connectivity index (χ3n) is 6.08. The van der Waals surface area contributed by atoms with E-state index >= 15 is 0 Å². The maximum absolute atomic E-state index is 5.14. The molecule has 0 amide bonds. The highest BCUT2D eigenvalue weighted by molar-refractivity contribution is 5.96. The van der Waals surface area contributed by atoms with E-state index in [0.29, 0.717) is 0 Å². The molecule has 0 fully saturated rings. The first kappa shape index (κ1) is 18.0. The number of para-hydroxylation sites is 2. The van der Waals surface area contributed by atoms with Gasteiger partial charge in [0.2, 0.25) is 5.78 Å². The van der Waals surface area contributed by atoms with Gasteiger partial charge in [0.15, 0.2) is 0 Å². The molecule has 0 N–H and O–H groups in total. The first-order chi connectivity index (χ1) is 14.2. The molecule has 3 aromatic carbocycles. The number of rotatable bonds is 5. The summed E-state index contributed by atoms with van der Waals surface area (Å²) >= 11 is 0. The van der Waals surface area contributed by atoms with E-state index in [1.54, 1.807) is 0 Å². The fourth-order valence-electron chi connectivity index (χ4n) is 4.56. The lowest BCUT2D eigenvalue weighted by molar-refractivity contribution is 0.179. The minimum atomic E-state index is 0.232. The van der Waals surface area contributed by atoms with Gasteiger partial charge in [0.05, 0.1) is 22.9 Å². The van der Waals surface area contributed by atoms with Crippen molar-refractivity contribution >= 4 is 27.6 Å².